The lowest BCUT2D eigenvalue weighted by Gasteiger charge is -2.19. The molecule has 1 fully saturated rings. The van der Waals surface area contributed by atoms with Crippen LogP contribution in [0.15, 0.2) is 66.7 Å². The zero-order valence-corrected chi connectivity index (χ0v) is 18.6. The zero-order valence-electron chi connectivity index (χ0n) is 17.1. The number of amides is 1. The molecule has 0 radical (unpaired) electrons. The minimum atomic E-state index is 0.0160. The summed E-state index contributed by atoms with van der Waals surface area (Å²) in [5.41, 5.74) is 5.09. The summed E-state index contributed by atoms with van der Waals surface area (Å²) < 4.78 is 2.20. The smallest absolute Gasteiger partial charge is 0.227 e. The Morgan fingerprint density at radius 2 is 1.77 bits per heavy atom. The molecule has 1 atom stereocenters. The van der Waals surface area contributed by atoms with Crippen molar-refractivity contribution in [3.63, 3.8) is 0 Å². The number of halogens is 2. The second-order valence-corrected chi connectivity index (χ2v) is 8.80. The summed E-state index contributed by atoms with van der Waals surface area (Å²) in [5, 5.41) is 1.07. The van der Waals surface area contributed by atoms with Gasteiger partial charge in [-0.1, -0.05) is 59.6 Å². The molecule has 0 saturated carbocycles. The number of fused-ring (bicyclic) bond motifs is 1. The number of aryl methyl sites for hydroxylation is 1. The molecule has 0 bridgehead atoms. The highest BCUT2D eigenvalue weighted by Crippen LogP contribution is 2.35. The van der Waals surface area contributed by atoms with Crippen molar-refractivity contribution in [3.8, 4) is 0 Å². The number of aromatic nitrogens is 2. The van der Waals surface area contributed by atoms with Crippen molar-refractivity contribution in [2.75, 3.05) is 11.4 Å². The number of carbonyl (C=O) groups excluding carboxylic acids is 1. The average molecular weight is 450 g/mol. The minimum absolute atomic E-state index is 0.0160. The topological polar surface area (TPSA) is 38.1 Å². The van der Waals surface area contributed by atoms with E-state index >= 15 is 0 Å². The molecule has 6 heteroatoms. The fraction of sp³-hybridized carbons (Fsp3) is 0.200. The van der Waals surface area contributed by atoms with Crippen LogP contribution in [0.2, 0.25) is 10.0 Å². The van der Waals surface area contributed by atoms with Gasteiger partial charge < -0.3 is 9.47 Å². The Kier molecular flexibility index (Phi) is 5.20. The summed E-state index contributed by atoms with van der Waals surface area (Å²) in [6, 6.07) is 21.8. The highest BCUT2D eigenvalue weighted by Gasteiger charge is 2.35. The Hall–Kier alpha value is -2.82. The Morgan fingerprint density at radius 3 is 2.58 bits per heavy atom. The molecule has 0 aliphatic carbocycles. The number of anilines is 1. The molecule has 31 heavy (non-hydrogen) atoms. The Labute approximate surface area is 191 Å². The van der Waals surface area contributed by atoms with Crippen LogP contribution in [-0.2, 0) is 11.3 Å². The van der Waals surface area contributed by atoms with Crippen molar-refractivity contribution in [2.24, 2.45) is 0 Å². The molecule has 1 aliphatic heterocycles. The molecule has 4 nitrogen and oxygen atoms in total. The Balaban J connectivity index is 1.54. The summed E-state index contributed by atoms with van der Waals surface area (Å²) in [6.07, 6.45) is 0.443. The van der Waals surface area contributed by atoms with Gasteiger partial charge >= 0.3 is 0 Å². The van der Waals surface area contributed by atoms with Gasteiger partial charge in [0.25, 0.3) is 0 Å². The third-order valence-corrected chi connectivity index (χ3v) is 6.64. The molecule has 0 spiro atoms. The second-order valence-electron chi connectivity index (χ2n) is 7.99. The SMILES string of the molecule is Cc1ccccc1N1C[C@H](c2nc3ccccc3n2Cc2ccc(Cl)c(Cl)c2)CC1=O. The van der Waals surface area contributed by atoms with Crippen molar-refractivity contribution < 1.29 is 4.79 Å². The summed E-state index contributed by atoms with van der Waals surface area (Å²) in [5.74, 6) is 1.08. The summed E-state index contributed by atoms with van der Waals surface area (Å²) in [7, 11) is 0. The van der Waals surface area contributed by atoms with Gasteiger partial charge in [-0.15, -0.1) is 0 Å². The van der Waals surface area contributed by atoms with Crippen LogP contribution in [0.25, 0.3) is 11.0 Å². The van der Waals surface area contributed by atoms with E-state index in [0.717, 1.165) is 33.7 Å². The largest absolute Gasteiger partial charge is 0.323 e. The molecule has 1 saturated heterocycles. The lowest BCUT2D eigenvalue weighted by molar-refractivity contribution is -0.117. The van der Waals surface area contributed by atoms with E-state index in [1.165, 1.54) is 0 Å². The van der Waals surface area contributed by atoms with Crippen molar-refractivity contribution in [2.45, 2.75) is 25.8 Å². The van der Waals surface area contributed by atoms with E-state index in [2.05, 4.69) is 10.6 Å². The third-order valence-electron chi connectivity index (χ3n) is 5.91. The van der Waals surface area contributed by atoms with Gasteiger partial charge in [0.05, 0.1) is 21.1 Å². The average Bonchev–Trinajstić information content (AvgIpc) is 3.32. The summed E-state index contributed by atoms with van der Waals surface area (Å²) >= 11 is 12.4. The lowest BCUT2D eigenvalue weighted by atomic mass is 10.1. The van der Waals surface area contributed by atoms with Crippen LogP contribution >= 0.6 is 23.2 Å². The second kappa shape index (κ2) is 8.03. The van der Waals surface area contributed by atoms with Crippen molar-refractivity contribution in [1.29, 1.82) is 0 Å². The van der Waals surface area contributed by atoms with Crippen molar-refractivity contribution >= 4 is 45.8 Å². The molecule has 1 aromatic heterocycles. The first-order valence-electron chi connectivity index (χ1n) is 10.3. The van der Waals surface area contributed by atoms with Gasteiger partial charge in [0.15, 0.2) is 0 Å². The van der Waals surface area contributed by atoms with Gasteiger partial charge in [-0.05, 0) is 48.4 Å². The monoisotopic (exact) mass is 449 g/mol. The number of hydrogen-bond acceptors (Lipinski definition) is 2. The van der Waals surface area contributed by atoms with Crippen LogP contribution in [-0.4, -0.2) is 22.0 Å². The van der Waals surface area contributed by atoms with Crippen LogP contribution in [0.4, 0.5) is 5.69 Å². The quantitative estimate of drug-likeness (QED) is 0.370. The summed E-state index contributed by atoms with van der Waals surface area (Å²) in [4.78, 5) is 19.8. The van der Waals surface area contributed by atoms with E-state index in [0.29, 0.717) is 29.6 Å². The van der Waals surface area contributed by atoms with Gasteiger partial charge in [-0.25, -0.2) is 4.98 Å². The van der Waals surface area contributed by atoms with Gasteiger partial charge in [0.2, 0.25) is 5.91 Å². The maximum Gasteiger partial charge on any atom is 0.227 e. The number of benzene rings is 3. The van der Waals surface area contributed by atoms with Gasteiger partial charge in [-0.3, -0.25) is 4.79 Å². The highest BCUT2D eigenvalue weighted by molar-refractivity contribution is 6.42. The Morgan fingerprint density at radius 1 is 1.00 bits per heavy atom. The molecule has 2 heterocycles. The van der Waals surface area contributed by atoms with E-state index in [1.807, 2.05) is 72.5 Å². The van der Waals surface area contributed by atoms with Gasteiger partial charge in [0.1, 0.15) is 5.82 Å². The number of rotatable bonds is 4. The van der Waals surface area contributed by atoms with E-state index in [4.69, 9.17) is 28.2 Å². The number of imidazole rings is 1. The van der Waals surface area contributed by atoms with Crippen molar-refractivity contribution in [3.05, 3.63) is 93.7 Å². The van der Waals surface area contributed by atoms with Gasteiger partial charge in [-0.2, -0.15) is 0 Å². The maximum absolute atomic E-state index is 12.9. The standard InChI is InChI=1S/C25H21Cl2N3O/c1-16-6-2-4-8-22(16)29-15-18(13-24(29)31)25-28-21-7-3-5-9-23(21)30(25)14-17-10-11-19(26)20(27)12-17/h2-12,18H,13-15H2,1H3/t18-/m1/s1. The lowest BCUT2D eigenvalue weighted by Crippen LogP contribution is -2.25. The van der Waals surface area contributed by atoms with Crippen molar-refractivity contribution in [1.82, 2.24) is 9.55 Å². The number of para-hydroxylation sites is 3. The zero-order chi connectivity index (χ0) is 21.5. The van der Waals surface area contributed by atoms with Crippen LogP contribution in [0.1, 0.15) is 29.3 Å². The van der Waals surface area contributed by atoms with Crippen LogP contribution in [0.5, 0.6) is 0 Å². The van der Waals surface area contributed by atoms with Crippen LogP contribution in [0, 0.1) is 6.92 Å². The Bertz CT molecular complexity index is 1300. The molecule has 3 aromatic carbocycles. The molecule has 5 rings (SSSR count). The fourth-order valence-corrected chi connectivity index (χ4v) is 4.69. The fourth-order valence-electron chi connectivity index (χ4n) is 4.37. The molecule has 0 N–H and O–H groups in total. The van der Waals surface area contributed by atoms with Crippen LogP contribution < -0.4 is 4.90 Å². The minimum Gasteiger partial charge on any atom is -0.323 e. The molecule has 4 aromatic rings. The molecule has 156 valence electrons. The van der Waals surface area contributed by atoms with E-state index in [1.54, 1.807) is 0 Å². The number of carbonyl (C=O) groups is 1. The molecule has 0 unspecified atom stereocenters. The van der Waals surface area contributed by atoms with E-state index in [9.17, 15) is 4.79 Å². The molecular weight excluding hydrogens is 429 g/mol. The third kappa shape index (κ3) is 3.71. The van der Waals surface area contributed by atoms with Crippen LogP contribution in [0.3, 0.4) is 0 Å². The molecular formula is C25H21Cl2N3O. The first-order valence-corrected chi connectivity index (χ1v) is 11.0. The first-order chi connectivity index (χ1) is 15.0. The summed E-state index contributed by atoms with van der Waals surface area (Å²) in [6.45, 7) is 3.27. The van der Waals surface area contributed by atoms with E-state index in [-0.39, 0.29) is 11.8 Å². The predicted molar refractivity (Wildman–Crippen MR) is 126 cm³/mol. The number of nitrogens with zero attached hydrogens (tertiary/aromatic N) is 3. The van der Waals surface area contributed by atoms with E-state index < -0.39 is 0 Å². The normalized spacial score (nSPS) is 16.4. The molecule has 1 aliphatic rings. The first kappa shape index (κ1) is 20.1. The maximum atomic E-state index is 12.9. The van der Waals surface area contributed by atoms with Gasteiger partial charge in [0, 0.05) is 31.1 Å². The number of hydrogen-bond donors (Lipinski definition) is 0. The molecule has 1 amide bonds. The predicted octanol–water partition coefficient (Wildman–Crippen LogP) is 6.22. The highest BCUT2D eigenvalue weighted by atomic mass is 35.5.